The van der Waals surface area contributed by atoms with Crippen LogP contribution >= 0.6 is 12.2 Å². The Hall–Kier alpha value is -2.21. The first-order valence-corrected chi connectivity index (χ1v) is 7.53. The fraction of sp³-hybridized carbons (Fsp3) is 0.312. The van der Waals surface area contributed by atoms with E-state index in [1.54, 1.807) is 18.7 Å². The van der Waals surface area contributed by atoms with Crippen LogP contribution in [0.5, 0.6) is 0 Å². The smallest absolute Gasteiger partial charge is 0.329 e. The number of hydrogen-bond acceptors (Lipinski definition) is 3. The zero-order chi connectivity index (χ0) is 15.9. The summed E-state index contributed by atoms with van der Waals surface area (Å²) >= 11 is 5.37. The summed E-state index contributed by atoms with van der Waals surface area (Å²) in [6, 6.07) is 8.32. The first-order valence-electron chi connectivity index (χ1n) is 7.12. The van der Waals surface area contributed by atoms with Gasteiger partial charge in [0.2, 0.25) is 0 Å². The van der Waals surface area contributed by atoms with E-state index in [0.29, 0.717) is 17.6 Å². The van der Waals surface area contributed by atoms with Crippen molar-refractivity contribution >= 4 is 23.9 Å². The molecule has 0 bridgehead atoms. The predicted molar refractivity (Wildman–Crippen MR) is 91.1 cm³/mol. The first kappa shape index (κ1) is 14.7. The van der Waals surface area contributed by atoms with E-state index in [9.17, 15) is 4.79 Å². The van der Waals surface area contributed by atoms with Crippen LogP contribution in [0.15, 0.2) is 34.1 Å². The molecule has 0 saturated heterocycles. The highest BCUT2D eigenvalue weighted by Gasteiger charge is 2.22. The lowest BCUT2D eigenvalue weighted by atomic mass is 10.1. The van der Waals surface area contributed by atoms with Crippen molar-refractivity contribution < 1.29 is 0 Å². The molecule has 0 atom stereocenters. The minimum Gasteiger partial charge on any atom is -0.329 e. The Kier molecular flexibility index (Phi) is 3.70. The normalized spacial score (nSPS) is 15.0. The molecule has 1 aromatic heterocycles. The highest BCUT2D eigenvalue weighted by atomic mass is 32.1. The van der Waals surface area contributed by atoms with E-state index in [2.05, 4.69) is 41.5 Å². The minimum absolute atomic E-state index is 0.129. The molecule has 0 aliphatic carbocycles. The van der Waals surface area contributed by atoms with Crippen molar-refractivity contribution in [3.8, 4) is 0 Å². The van der Waals surface area contributed by atoms with E-state index >= 15 is 0 Å². The van der Waals surface area contributed by atoms with Gasteiger partial charge in [0.1, 0.15) is 16.3 Å². The molecule has 0 spiro atoms. The summed E-state index contributed by atoms with van der Waals surface area (Å²) < 4.78 is 3.66. The van der Waals surface area contributed by atoms with Crippen molar-refractivity contribution in [1.82, 2.24) is 9.13 Å². The van der Waals surface area contributed by atoms with Crippen molar-refractivity contribution in [2.45, 2.75) is 19.9 Å². The maximum Gasteiger partial charge on any atom is 0.330 e. The standard InChI is InChI=1S/C16H18N4OS/c1-10-4-6-11(7-5-10)9-17-13-8-12-14(18-13)19(2)16(21)20(3)15(12)22/h4-7H,8-9H2,1-3H3,(H,17,18). The Morgan fingerprint density at radius 2 is 1.91 bits per heavy atom. The number of aryl methyl sites for hydroxylation is 1. The summed E-state index contributed by atoms with van der Waals surface area (Å²) in [6.45, 7) is 2.68. The highest BCUT2D eigenvalue weighted by molar-refractivity contribution is 7.71. The van der Waals surface area contributed by atoms with Crippen molar-refractivity contribution in [1.29, 1.82) is 0 Å². The molecule has 6 heteroatoms. The zero-order valence-corrected chi connectivity index (χ0v) is 13.7. The molecule has 2 aromatic rings. The van der Waals surface area contributed by atoms with Crippen molar-refractivity contribution in [2.24, 2.45) is 19.1 Å². The van der Waals surface area contributed by atoms with Gasteiger partial charge >= 0.3 is 5.69 Å². The van der Waals surface area contributed by atoms with E-state index < -0.39 is 0 Å². The number of fused-ring (bicyclic) bond motifs is 1. The van der Waals surface area contributed by atoms with Gasteiger partial charge < -0.3 is 5.32 Å². The van der Waals surface area contributed by atoms with Gasteiger partial charge in [-0.2, -0.15) is 0 Å². The second-order valence-corrected chi connectivity index (χ2v) is 5.97. The van der Waals surface area contributed by atoms with Crippen LogP contribution in [0.2, 0.25) is 0 Å². The summed E-state index contributed by atoms with van der Waals surface area (Å²) in [5.74, 6) is 1.61. The molecular formula is C16H18N4OS. The zero-order valence-electron chi connectivity index (χ0n) is 12.9. The van der Waals surface area contributed by atoms with Crippen LogP contribution in [0.25, 0.3) is 0 Å². The molecule has 1 aliphatic heterocycles. The van der Waals surface area contributed by atoms with E-state index in [1.807, 2.05) is 0 Å². The summed E-state index contributed by atoms with van der Waals surface area (Å²) in [7, 11) is 3.44. The first-order chi connectivity index (χ1) is 10.5. The molecule has 0 saturated carbocycles. The highest BCUT2D eigenvalue weighted by Crippen LogP contribution is 2.22. The molecular weight excluding hydrogens is 296 g/mol. The maximum absolute atomic E-state index is 12.0. The minimum atomic E-state index is -0.129. The van der Waals surface area contributed by atoms with Gasteiger partial charge in [-0.3, -0.25) is 14.1 Å². The predicted octanol–water partition coefficient (Wildman–Crippen LogP) is 2.33. The maximum atomic E-state index is 12.0. The van der Waals surface area contributed by atoms with Crippen LogP contribution in [0.1, 0.15) is 16.7 Å². The van der Waals surface area contributed by atoms with E-state index in [-0.39, 0.29) is 5.69 Å². The van der Waals surface area contributed by atoms with Crippen molar-refractivity contribution in [2.75, 3.05) is 5.32 Å². The Labute approximate surface area is 133 Å². The van der Waals surface area contributed by atoms with Gasteiger partial charge in [-0.1, -0.05) is 42.0 Å². The second kappa shape index (κ2) is 5.53. The largest absolute Gasteiger partial charge is 0.330 e. The van der Waals surface area contributed by atoms with Gasteiger partial charge in [-0.05, 0) is 12.5 Å². The Bertz CT molecular complexity index is 875. The summed E-state index contributed by atoms with van der Waals surface area (Å²) in [6.07, 6.45) is 0.641. The van der Waals surface area contributed by atoms with Gasteiger partial charge in [0.25, 0.3) is 0 Å². The van der Waals surface area contributed by atoms with E-state index in [4.69, 9.17) is 12.2 Å². The molecule has 22 heavy (non-hydrogen) atoms. The number of hydrogen-bond donors (Lipinski definition) is 1. The topological polar surface area (TPSA) is 51.3 Å². The molecule has 0 fully saturated rings. The lowest BCUT2D eigenvalue weighted by Crippen LogP contribution is -2.29. The molecule has 0 unspecified atom stereocenters. The quantitative estimate of drug-likeness (QED) is 0.866. The van der Waals surface area contributed by atoms with Gasteiger partial charge in [-0.15, -0.1) is 0 Å². The average Bonchev–Trinajstić information content (AvgIpc) is 2.95. The molecule has 1 N–H and O–H groups in total. The molecule has 0 amide bonds. The molecule has 1 aromatic carbocycles. The average molecular weight is 314 g/mol. The molecule has 114 valence electrons. The molecule has 0 radical (unpaired) electrons. The van der Waals surface area contributed by atoms with Gasteiger partial charge in [0, 0.05) is 26.1 Å². The SMILES string of the molecule is Cc1ccc(CN=C2Cc3c(n(C)c(=O)n(C)c3=S)N2)cc1. The Morgan fingerprint density at radius 1 is 1.23 bits per heavy atom. The Morgan fingerprint density at radius 3 is 2.59 bits per heavy atom. The van der Waals surface area contributed by atoms with Crippen LogP contribution in [-0.2, 0) is 27.1 Å². The number of aliphatic imine (C=N–C) groups is 1. The van der Waals surface area contributed by atoms with Gasteiger partial charge in [0.05, 0.1) is 6.54 Å². The Balaban J connectivity index is 1.88. The summed E-state index contributed by atoms with van der Waals surface area (Å²) in [5.41, 5.74) is 3.23. The lowest BCUT2D eigenvalue weighted by Gasteiger charge is -2.09. The van der Waals surface area contributed by atoms with E-state index in [1.165, 1.54) is 10.1 Å². The molecule has 5 nitrogen and oxygen atoms in total. The van der Waals surface area contributed by atoms with Crippen LogP contribution < -0.4 is 11.0 Å². The number of anilines is 1. The van der Waals surface area contributed by atoms with Crippen LogP contribution in [-0.4, -0.2) is 15.0 Å². The summed E-state index contributed by atoms with van der Waals surface area (Å²) in [4.78, 5) is 16.7. The third kappa shape index (κ3) is 2.50. The number of nitrogens with one attached hydrogen (secondary N) is 1. The third-order valence-electron chi connectivity index (χ3n) is 3.94. The molecule has 2 heterocycles. The van der Waals surface area contributed by atoms with Crippen molar-refractivity contribution in [3.05, 3.63) is 56.1 Å². The number of nitrogens with zero attached hydrogens (tertiary/aromatic N) is 3. The van der Waals surface area contributed by atoms with Crippen molar-refractivity contribution in [3.63, 3.8) is 0 Å². The second-order valence-electron chi connectivity index (χ2n) is 5.58. The van der Waals surface area contributed by atoms with Gasteiger partial charge in [-0.25, -0.2) is 4.79 Å². The van der Waals surface area contributed by atoms with Crippen LogP contribution in [0.4, 0.5) is 5.82 Å². The lowest BCUT2D eigenvalue weighted by molar-refractivity contribution is 0.701. The van der Waals surface area contributed by atoms with Crippen LogP contribution in [0, 0.1) is 11.6 Å². The van der Waals surface area contributed by atoms with Crippen LogP contribution in [0.3, 0.4) is 0 Å². The molecule has 3 rings (SSSR count). The fourth-order valence-corrected chi connectivity index (χ4v) is 2.80. The van der Waals surface area contributed by atoms with E-state index in [0.717, 1.165) is 22.8 Å². The number of aromatic nitrogens is 2. The fourth-order valence-electron chi connectivity index (χ4n) is 2.56. The number of amidine groups is 1. The molecule has 1 aliphatic rings. The number of rotatable bonds is 2. The monoisotopic (exact) mass is 314 g/mol. The van der Waals surface area contributed by atoms with Gasteiger partial charge in [0.15, 0.2) is 0 Å². The third-order valence-corrected chi connectivity index (χ3v) is 4.46. The summed E-state index contributed by atoms with van der Waals surface area (Å²) in [5, 5.41) is 3.23. The number of benzene rings is 1.